The van der Waals surface area contributed by atoms with Crippen molar-refractivity contribution in [3.63, 3.8) is 0 Å². The van der Waals surface area contributed by atoms with Crippen molar-refractivity contribution in [2.75, 3.05) is 6.61 Å². The molecule has 0 amide bonds. The first kappa shape index (κ1) is 12.7. The number of hydrogen-bond donors (Lipinski definition) is 0. The number of ether oxygens (including phenoxy) is 1. The van der Waals surface area contributed by atoms with Crippen LogP contribution < -0.4 is 4.74 Å². The van der Waals surface area contributed by atoms with Crippen molar-refractivity contribution in [2.24, 2.45) is 0 Å². The Morgan fingerprint density at radius 2 is 2.00 bits per heavy atom. The Kier molecular flexibility index (Phi) is 4.01. The van der Waals surface area contributed by atoms with E-state index in [1.807, 2.05) is 26.0 Å². The Morgan fingerprint density at radius 3 is 2.56 bits per heavy atom. The summed E-state index contributed by atoms with van der Waals surface area (Å²) in [5, 5.41) is 11.0. The lowest BCUT2D eigenvalue weighted by atomic mass is 10.1. The van der Waals surface area contributed by atoms with E-state index in [4.69, 9.17) is 10.00 Å². The van der Waals surface area contributed by atoms with E-state index in [9.17, 15) is 0 Å². The van der Waals surface area contributed by atoms with Gasteiger partial charge in [0, 0.05) is 11.3 Å². The van der Waals surface area contributed by atoms with Crippen LogP contribution in [0.5, 0.6) is 5.75 Å². The molecule has 0 aliphatic rings. The summed E-state index contributed by atoms with van der Waals surface area (Å²) in [6.07, 6.45) is 0.927. The van der Waals surface area contributed by atoms with Crippen LogP contribution in [0.1, 0.15) is 21.6 Å². The van der Waals surface area contributed by atoms with Crippen LogP contribution in [-0.2, 0) is 6.42 Å². The summed E-state index contributed by atoms with van der Waals surface area (Å²) < 4.78 is 5.84. The summed E-state index contributed by atoms with van der Waals surface area (Å²) in [4.78, 5) is 1.33. The molecule has 0 N–H and O–H groups in total. The largest absolute Gasteiger partial charge is 0.493 e. The van der Waals surface area contributed by atoms with Gasteiger partial charge in [0.1, 0.15) is 5.75 Å². The van der Waals surface area contributed by atoms with Crippen molar-refractivity contribution in [3.05, 3.63) is 51.2 Å². The van der Waals surface area contributed by atoms with Gasteiger partial charge in [0.05, 0.1) is 18.2 Å². The molecule has 1 heterocycles. The van der Waals surface area contributed by atoms with Crippen LogP contribution in [0.25, 0.3) is 0 Å². The molecule has 0 fully saturated rings. The second kappa shape index (κ2) is 5.70. The maximum absolute atomic E-state index is 8.89. The SMILES string of the molecule is Cc1cc(C#N)cc(C)c1OCCc1cccs1. The molecule has 0 aliphatic heterocycles. The van der Waals surface area contributed by atoms with Gasteiger partial charge in [0.25, 0.3) is 0 Å². The number of rotatable bonds is 4. The Bertz CT molecular complexity index is 544. The van der Waals surface area contributed by atoms with Crippen molar-refractivity contribution in [2.45, 2.75) is 20.3 Å². The zero-order valence-electron chi connectivity index (χ0n) is 10.6. The minimum Gasteiger partial charge on any atom is -0.493 e. The first-order valence-electron chi connectivity index (χ1n) is 5.87. The minimum absolute atomic E-state index is 0.675. The third-order valence-corrected chi connectivity index (χ3v) is 3.70. The van der Waals surface area contributed by atoms with Gasteiger partial charge in [0.2, 0.25) is 0 Å². The third kappa shape index (κ3) is 2.91. The van der Waals surface area contributed by atoms with Crippen LogP contribution in [0.3, 0.4) is 0 Å². The number of nitriles is 1. The van der Waals surface area contributed by atoms with E-state index in [-0.39, 0.29) is 0 Å². The highest BCUT2D eigenvalue weighted by molar-refractivity contribution is 7.09. The van der Waals surface area contributed by atoms with Gasteiger partial charge >= 0.3 is 0 Å². The van der Waals surface area contributed by atoms with Crippen LogP contribution in [0, 0.1) is 25.2 Å². The summed E-state index contributed by atoms with van der Waals surface area (Å²) in [7, 11) is 0. The summed E-state index contributed by atoms with van der Waals surface area (Å²) in [5.74, 6) is 0.908. The molecule has 2 aromatic rings. The second-order valence-electron chi connectivity index (χ2n) is 4.23. The van der Waals surface area contributed by atoms with E-state index in [0.717, 1.165) is 23.3 Å². The van der Waals surface area contributed by atoms with E-state index in [0.29, 0.717) is 12.2 Å². The minimum atomic E-state index is 0.675. The Hall–Kier alpha value is -1.79. The van der Waals surface area contributed by atoms with Gasteiger partial charge in [-0.3, -0.25) is 0 Å². The molecular formula is C15H15NOS. The first-order valence-corrected chi connectivity index (χ1v) is 6.75. The van der Waals surface area contributed by atoms with Gasteiger partial charge < -0.3 is 4.74 Å². The molecule has 0 aliphatic carbocycles. The molecule has 0 atom stereocenters. The Morgan fingerprint density at radius 1 is 1.28 bits per heavy atom. The monoisotopic (exact) mass is 257 g/mol. The van der Waals surface area contributed by atoms with Crippen molar-refractivity contribution in [3.8, 4) is 11.8 Å². The van der Waals surface area contributed by atoms with Crippen LogP contribution in [0.4, 0.5) is 0 Å². The number of benzene rings is 1. The second-order valence-corrected chi connectivity index (χ2v) is 5.26. The molecule has 2 nitrogen and oxygen atoms in total. The van der Waals surface area contributed by atoms with Crippen molar-refractivity contribution in [1.29, 1.82) is 5.26 Å². The molecule has 1 aromatic carbocycles. The van der Waals surface area contributed by atoms with E-state index in [1.54, 1.807) is 11.3 Å². The van der Waals surface area contributed by atoms with Crippen molar-refractivity contribution < 1.29 is 4.74 Å². The average Bonchev–Trinajstić information content (AvgIpc) is 2.85. The highest BCUT2D eigenvalue weighted by Gasteiger charge is 2.06. The van der Waals surface area contributed by atoms with E-state index in [1.165, 1.54) is 4.88 Å². The van der Waals surface area contributed by atoms with Crippen molar-refractivity contribution >= 4 is 11.3 Å². The molecule has 18 heavy (non-hydrogen) atoms. The maximum Gasteiger partial charge on any atom is 0.125 e. The summed E-state index contributed by atoms with van der Waals surface area (Å²) in [6, 6.07) is 10.1. The lowest BCUT2D eigenvalue weighted by molar-refractivity contribution is 0.318. The Labute approximate surface area is 111 Å². The van der Waals surface area contributed by atoms with Crippen LogP contribution in [0.2, 0.25) is 0 Å². The lowest BCUT2D eigenvalue weighted by Gasteiger charge is -2.12. The molecule has 1 aromatic heterocycles. The molecule has 0 spiro atoms. The molecule has 3 heteroatoms. The summed E-state index contributed by atoms with van der Waals surface area (Å²) in [6.45, 7) is 4.64. The molecule has 92 valence electrons. The quantitative estimate of drug-likeness (QED) is 0.833. The van der Waals surface area contributed by atoms with Gasteiger partial charge in [-0.2, -0.15) is 5.26 Å². The maximum atomic E-state index is 8.89. The van der Waals surface area contributed by atoms with Gasteiger partial charge in [-0.15, -0.1) is 11.3 Å². The molecule has 0 saturated heterocycles. The highest BCUT2D eigenvalue weighted by atomic mass is 32.1. The highest BCUT2D eigenvalue weighted by Crippen LogP contribution is 2.24. The van der Waals surface area contributed by atoms with Crippen LogP contribution in [-0.4, -0.2) is 6.61 Å². The molecule has 0 radical (unpaired) electrons. The van der Waals surface area contributed by atoms with E-state index < -0.39 is 0 Å². The van der Waals surface area contributed by atoms with Gasteiger partial charge in [-0.25, -0.2) is 0 Å². The normalized spacial score (nSPS) is 10.1. The van der Waals surface area contributed by atoms with Gasteiger partial charge in [-0.05, 0) is 48.6 Å². The number of nitrogens with zero attached hydrogens (tertiary/aromatic N) is 1. The Balaban J connectivity index is 2.03. The molecule has 0 saturated carbocycles. The fourth-order valence-corrected chi connectivity index (χ4v) is 2.64. The lowest BCUT2D eigenvalue weighted by Crippen LogP contribution is -2.03. The number of hydrogen-bond acceptors (Lipinski definition) is 3. The zero-order valence-corrected chi connectivity index (χ0v) is 11.4. The molecule has 0 bridgehead atoms. The number of aryl methyl sites for hydroxylation is 2. The van der Waals surface area contributed by atoms with Gasteiger partial charge in [0.15, 0.2) is 0 Å². The zero-order chi connectivity index (χ0) is 13.0. The average molecular weight is 257 g/mol. The fourth-order valence-electron chi connectivity index (χ4n) is 1.95. The van der Waals surface area contributed by atoms with Crippen LogP contribution in [0.15, 0.2) is 29.6 Å². The van der Waals surface area contributed by atoms with Crippen molar-refractivity contribution in [1.82, 2.24) is 0 Å². The standard InChI is InChI=1S/C15H15NOS/c1-11-8-13(10-16)9-12(2)15(11)17-6-5-14-4-3-7-18-14/h3-4,7-9H,5-6H2,1-2H3. The van der Waals surface area contributed by atoms with E-state index >= 15 is 0 Å². The number of thiophene rings is 1. The predicted octanol–water partition coefficient (Wildman–Crippen LogP) is 3.86. The van der Waals surface area contributed by atoms with E-state index in [2.05, 4.69) is 23.6 Å². The summed E-state index contributed by atoms with van der Waals surface area (Å²) >= 11 is 1.75. The molecule has 2 rings (SSSR count). The van der Waals surface area contributed by atoms with Crippen LogP contribution >= 0.6 is 11.3 Å². The topological polar surface area (TPSA) is 33.0 Å². The third-order valence-electron chi connectivity index (χ3n) is 2.76. The molecule has 0 unspecified atom stereocenters. The summed E-state index contributed by atoms with van der Waals surface area (Å²) in [5.41, 5.74) is 2.74. The smallest absolute Gasteiger partial charge is 0.125 e. The first-order chi connectivity index (χ1) is 8.70. The predicted molar refractivity (Wildman–Crippen MR) is 74.1 cm³/mol. The molecular weight excluding hydrogens is 242 g/mol. The van der Waals surface area contributed by atoms with Gasteiger partial charge in [-0.1, -0.05) is 6.07 Å². The fraction of sp³-hybridized carbons (Fsp3) is 0.267.